The van der Waals surface area contributed by atoms with Crippen LogP contribution in [0.25, 0.3) is 11.6 Å². The molecule has 0 unspecified atom stereocenters. The van der Waals surface area contributed by atoms with Crippen molar-refractivity contribution >= 4 is 21.4 Å². The first-order chi connectivity index (χ1) is 14.6. The SMILES string of the molecule is CS(=O)(=O)CCCn1nc(-c2nc(C3(c4ccc(F)cc4Cl)CC3)no2)cc1C(F)F. The number of rotatable bonds is 8. The molecule has 0 amide bonds. The number of sulfone groups is 1. The Kier molecular flexibility index (Phi) is 5.59. The van der Waals surface area contributed by atoms with E-state index < -0.39 is 27.5 Å². The summed E-state index contributed by atoms with van der Waals surface area (Å²) in [5.74, 6) is -0.319. The van der Waals surface area contributed by atoms with Gasteiger partial charge in [-0.2, -0.15) is 10.1 Å². The molecule has 0 spiro atoms. The summed E-state index contributed by atoms with van der Waals surface area (Å²) in [5.41, 5.74) is -0.251. The van der Waals surface area contributed by atoms with Crippen molar-refractivity contribution in [2.45, 2.75) is 37.6 Å². The molecule has 12 heteroatoms. The lowest BCUT2D eigenvalue weighted by molar-refractivity contribution is 0.139. The number of halogens is 4. The molecule has 1 saturated carbocycles. The molecular formula is C19H18ClF3N4O3S. The fourth-order valence-corrected chi connectivity index (χ4v) is 4.51. The lowest BCUT2D eigenvalue weighted by Gasteiger charge is -2.12. The average molecular weight is 475 g/mol. The molecule has 1 fully saturated rings. The van der Waals surface area contributed by atoms with Gasteiger partial charge in [-0.15, -0.1) is 0 Å². The molecule has 7 nitrogen and oxygen atoms in total. The molecule has 1 aliphatic carbocycles. The van der Waals surface area contributed by atoms with Crippen molar-refractivity contribution in [3.8, 4) is 11.6 Å². The highest BCUT2D eigenvalue weighted by molar-refractivity contribution is 7.90. The molecule has 4 rings (SSSR count). The number of hydrogen-bond donors (Lipinski definition) is 0. The first-order valence-corrected chi connectivity index (χ1v) is 11.9. The van der Waals surface area contributed by atoms with Crippen molar-refractivity contribution in [2.24, 2.45) is 0 Å². The molecule has 0 atom stereocenters. The fraction of sp³-hybridized carbons (Fsp3) is 0.421. The van der Waals surface area contributed by atoms with E-state index in [9.17, 15) is 21.6 Å². The van der Waals surface area contributed by atoms with Crippen LogP contribution >= 0.6 is 11.6 Å². The van der Waals surface area contributed by atoms with Crippen molar-refractivity contribution in [1.29, 1.82) is 0 Å². The molecule has 0 radical (unpaired) electrons. The highest BCUT2D eigenvalue weighted by Crippen LogP contribution is 2.54. The Labute approximate surface area is 181 Å². The third-order valence-corrected chi connectivity index (χ3v) is 6.53. The van der Waals surface area contributed by atoms with Crippen molar-refractivity contribution in [3.05, 3.63) is 52.2 Å². The number of aryl methyl sites for hydroxylation is 1. The maximum atomic E-state index is 13.4. The molecule has 2 heterocycles. The van der Waals surface area contributed by atoms with Crippen LogP contribution in [0, 0.1) is 5.82 Å². The third kappa shape index (κ3) is 4.47. The van der Waals surface area contributed by atoms with E-state index in [0.717, 1.165) is 17.0 Å². The summed E-state index contributed by atoms with van der Waals surface area (Å²) < 4.78 is 69.2. The lowest BCUT2D eigenvalue weighted by atomic mass is 9.95. The second kappa shape index (κ2) is 7.94. The summed E-state index contributed by atoms with van der Waals surface area (Å²) in [7, 11) is -3.22. The van der Waals surface area contributed by atoms with E-state index in [1.807, 2.05) is 0 Å². The minimum absolute atomic E-state index is 0.00284. The largest absolute Gasteiger partial charge is 0.332 e. The highest BCUT2D eigenvalue weighted by atomic mass is 35.5. The highest BCUT2D eigenvalue weighted by Gasteiger charge is 2.51. The van der Waals surface area contributed by atoms with E-state index >= 15 is 0 Å². The molecule has 166 valence electrons. The lowest BCUT2D eigenvalue weighted by Crippen LogP contribution is -2.12. The standard InChI is InChI=1S/C19H18ClF3N4O3S/c1-31(28,29)8-2-7-27-15(16(22)23)10-14(25-27)17-24-18(26-30-17)19(5-6-19)12-4-3-11(21)9-13(12)20/h3-4,9-10,16H,2,5-8H2,1H3. The van der Waals surface area contributed by atoms with E-state index in [-0.39, 0.29) is 41.0 Å². The van der Waals surface area contributed by atoms with E-state index in [1.54, 1.807) is 6.07 Å². The van der Waals surface area contributed by atoms with Crippen LogP contribution < -0.4 is 0 Å². The topological polar surface area (TPSA) is 90.9 Å². The molecule has 3 aromatic rings. The molecule has 0 N–H and O–H groups in total. The van der Waals surface area contributed by atoms with E-state index in [4.69, 9.17) is 16.1 Å². The van der Waals surface area contributed by atoms with Gasteiger partial charge in [-0.25, -0.2) is 21.6 Å². The quantitative estimate of drug-likeness (QED) is 0.486. The van der Waals surface area contributed by atoms with Crippen LogP contribution in [0.3, 0.4) is 0 Å². The van der Waals surface area contributed by atoms with Crippen LogP contribution in [0.1, 0.15) is 42.8 Å². The zero-order valence-corrected chi connectivity index (χ0v) is 17.9. The molecule has 1 aromatic carbocycles. The van der Waals surface area contributed by atoms with Crippen molar-refractivity contribution < 1.29 is 26.1 Å². The number of nitrogens with zero attached hydrogens (tertiary/aromatic N) is 4. The molecule has 0 aliphatic heterocycles. The number of alkyl halides is 2. The van der Waals surface area contributed by atoms with Crippen molar-refractivity contribution in [1.82, 2.24) is 19.9 Å². The van der Waals surface area contributed by atoms with Gasteiger partial charge in [0.15, 0.2) is 11.5 Å². The van der Waals surface area contributed by atoms with Gasteiger partial charge in [0.05, 0.1) is 11.2 Å². The molecular weight excluding hydrogens is 457 g/mol. The van der Waals surface area contributed by atoms with E-state index in [2.05, 4.69) is 15.2 Å². The van der Waals surface area contributed by atoms with Gasteiger partial charge in [-0.3, -0.25) is 4.68 Å². The Morgan fingerprint density at radius 2 is 2.03 bits per heavy atom. The average Bonchev–Trinajstić information content (AvgIpc) is 3.11. The Hall–Kier alpha value is -2.40. The smallest absolute Gasteiger partial charge is 0.280 e. The summed E-state index contributed by atoms with van der Waals surface area (Å²) in [5, 5.41) is 8.35. The van der Waals surface area contributed by atoms with E-state index in [1.165, 1.54) is 12.1 Å². The predicted molar refractivity (Wildman–Crippen MR) is 106 cm³/mol. The zero-order chi connectivity index (χ0) is 22.4. The number of hydrogen-bond acceptors (Lipinski definition) is 6. The van der Waals surface area contributed by atoms with Gasteiger partial charge < -0.3 is 4.52 Å². The maximum Gasteiger partial charge on any atom is 0.280 e. The number of benzene rings is 1. The third-order valence-electron chi connectivity index (χ3n) is 5.19. The van der Waals surface area contributed by atoms with Gasteiger partial charge in [0, 0.05) is 17.8 Å². The van der Waals surface area contributed by atoms with Gasteiger partial charge in [0.25, 0.3) is 12.3 Å². The molecule has 1 aliphatic rings. The van der Waals surface area contributed by atoms with E-state index in [0.29, 0.717) is 24.2 Å². The van der Waals surface area contributed by atoms with Crippen molar-refractivity contribution in [2.75, 3.05) is 12.0 Å². The minimum Gasteiger partial charge on any atom is -0.332 e. The Morgan fingerprint density at radius 3 is 2.65 bits per heavy atom. The van der Waals surface area contributed by atoms with Crippen LogP contribution in [0.4, 0.5) is 13.2 Å². The second-order valence-corrected chi connectivity index (χ2v) is 10.3. The van der Waals surface area contributed by atoms with Gasteiger partial charge in [-0.1, -0.05) is 22.8 Å². The molecule has 0 bridgehead atoms. The summed E-state index contributed by atoms with van der Waals surface area (Å²) in [6.45, 7) is 0.00284. The summed E-state index contributed by atoms with van der Waals surface area (Å²) in [4.78, 5) is 4.34. The van der Waals surface area contributed by atoms with Crippen molar-refractivity contribution in [3.63, 3.8) is 0 Å². The zero-order valence-electron chi connectivity index (χ0n) is 16.4. The van der Waals surface area contributed by atoms with Crippen LogP contribution in [0.15, 0.2) is 28.8 Å². The second-order valence-electron chi connectivity index (χ2n) is 7.59. The van der Waals surface area contributed by atoms with Gasteiger partial charge in [0.1, 0.15) is 21.3 Å². The first kappa shape index (κ1) is 21.8. The van der Waals surface area contributed by atoms with Gasteiger partial charge in [-0.05, 0) is 43.0 Å². The maximum absolute atomic E-state index is 13.4. The Morgan fingerprint density at radius 1 is 1.29 bits per heavy atom. The summed E-state index contributed by atoms with van der Waals surface area (Å²) in [6, 6.07) is 5.24. The monoisotopic (exact) mass is 474 g/mol. The first-order valence-electron chi connectivity index (χ1n) is 9.43. The van der Waals surface area contributed by atoms with Gasteiger partial charge >= 0.3 is 0 Å². The summed E-state index contributed by atoms with van der Waals surface area (Å²) in [6.07, 6.45) is -0.231. The predicted octanol–water partition coefficient (Wildman–Crippen LogP) is 4.18. The molecule has 31 heavy (non-hydrogen) atoms. The minimum atomic E-state index is -3.22. The fourth-order valence-electron chi connectivity index (χ4n) is 3.50. The molecule has 2 aromatic heterocycles. The normalized spacial score (nSPS) is 15.5. The Bertz CT molecular complexity index is 1220. The van der Waals surface area contributed by atoms with Crippen LogP contribution in [-0.4, -0.2) is 40.3 Å². The molecule has 0 saturated heterocycles. The summed E-state index contributed by atoms with van der Waals surface area (Å²) >= 11 is 6.20. The van der Waals surface area contributed by atoms with Crippen LogP contribution in [-0.2, 0) is 21.8 Å². The van der Waals surface area contributed by atoms with Crippen LogP contribution in [0.2, 0.25) is 5.02 Å². The Balaban J connectivity index is 1.61. The van der Waals surface area contributed by atoms with Crippen LogP contribution in [0.5, 0.6) is 0 Å². The number of aromatic nitrogens is 4. The van der Waals surface area contributed by atoms with Gasteiger partial charge in [0.2, 0.25) is 0 Å².